The maximum Gasteiger partial charge on any atom is 0.191 e. The van der Waals surface area contributed by atoms with Gasteiger partial charge in [0, 0.05) is 32.3 Å². The highest BCUT2D eigenvalue weighted by Crippen LogP contribution is 2.17. The third-order valence-corrected chi connectivity index (χ3v) is 5.25. The summed E-state index contributed by atoms with van der Waals surface area (Å²) in [6, 6.07) is 10.4. The summed E-state index contributed by atoms with van der Waals surface area (Å²) in [6.07, 6.45) is 3.40. The van der Waals surface area contributed by atoms with Crippen LogP contribution in [0.25, 0.3) is 5.69 Å². The highest BCUT2D eigenvalue weighted by atomic mass is 15.3. The van der Waals surface area contributed by atoms with Crippen LogP contribution in [-0.2, 0) is 26.1 Å². The topological polar surface area (TPSA) is 84.9 Å². The number of hydrogen-bond acceptors (Lipinski definition) is 4. The van der Waals surface area contributed by atoms with E-state index < -0.39 is 0 Å². The predicted octanol–water partition coefficient (Wildman–Crippen LogP) is 2.28. The summed E-state index contributed by atoms with van der Waals surface area (Å²) in [5.41, 5.74) is 4.36. The first-order valence-electron chi connectivity index (χ1n) is 10.1. The zero-order valence-electron chi connectivity index (χ0n) is 17.3. The Hall–Kier alpha value is -3.16. The summed E-state index contributed by atoms with van der Waals surface area (Å²) in [5.74, 6) is 2.79. The van der Waals surface area contributed by atoms with Crippen LogP contribution >= 0.6 is 0 Å². The van der Waals surface area contributed by atoms with Crippen LogP contribution in [0.1, 0.15) is 41.4 Å². The Kier molecular flexibility index (Phi) is 5.59. The van der Waals surface area contributed by atoms with Gasteiger partial charge in [0.1, 0.15) is 5.82 Å². The van der Waals surface area contributed by atoms with Crippen molar-refractivity contribution >= 4 is 5.96 Å². The lowest BCUT2D eigenvalue weighted by molar-refractivity contribution is 0.504. The summed E-state index contributed by atoms with van der Waals surface area (Å²) in [5, 5.41) is 20.0. The fourth-order valence-corrected chi connectivity index (χ4v) is 3.80. The van der Waals surface area contributed by atoms with Crippen molar-refractivity contribution in [3.8, 4) is 5.69 Å². The van der Waals surface area contributed by atoms with E-state index in [1.54, 1.807) is 7.05 Å². The molecule has 8 heteroatoms. The van der Waals surface area contributed by atoms with Gasteiger partial charge < -0.3 is 15.2 Å². The Labute approximate surface area is 171 Å². The van der Waals surface area contributed by atoms with Gasteiger partial charge in [-0.1, -0.05) is 18.2 Å². The van der Waals surface area contributed by atoms with Crippen molar-refractivity contribution in [1.82, 2.24) is 35.2 Å². The normalized spacial score (nSPS) is 14.0. The average molecular weight is 393 g/mol. The number of nitrogens with one attached hydrogen (secondary N) is 2. The molecule has 3 aromatic rings. The van der Waals surface area contributed by atoms with Gasteiger partial charge in [-0.2, -0.15) is 5.10 Å². The molecule has 3 heterocycles. The van der Waals surface area contributed by atoms with Gasteiger partial charge in [0.2, 0.25) is 0 Å². The van der Waals surface area contributed by atoms with Gasteiger partial charge in [-0.05, 0) is 44.4 Å². The SMILES string of the molecule is CN=C(NCc1ccccc1-n1nc(C)cc1C)NCc1nnc2n1CCCC2. The van der Waals surface area contributed by atoms with Crippen molar-refractivity contribution in [2.24, 2.45) is 4.99 Å². The van der Waals surface area contributed by atoms with Gasteiger partial charge in [0.15, 0.2) is 11.8 Å². The zero-order valence-corrected chi connectivity index (χ0v) is 17.3. The van der Waals surface area contributed by atoms with Crippen molar-refractivity contribution in [2.45, 2.75) is 52.7 Å². The molecule has 4 rings (SSSR count). The summed E-state index contributed by atoms with van der Waals surface area (Å²) in [4.78, 5) is 4.35. The van der Waals surface area contributed by atoms with E-state index in [1.807, 2.05) is 23.7 Å². The highest BCUT2D eigenvalue weighted by molar-refractivity contribution is 5.79. The molecule has 0 saturated carbocycles. The van der Waals surface area contributed by atoms with Gasteiger partial charge >= 0.3 is 0 Å². The maximum atomic E-state index is 4.62. The minimum absolute atomic E-state index is 0.603. The molecule has 2 N–H and O–H groups in total. The first kappa shape index (κ1) is 19.2. The fourth-order valence-electron chi connectivity index (χ4n) is 3.80. The number of hydrogen-bond donors (Lipinski definition) is 2. The van der Waals surface area contributed by atoms with Gasteiger partial charge in [0.25, 0.3) is 0 Å². The first-order chi connectivity index (χ1) is 14.2. The molecule has 1 aliphatic heterocycles. The lowest BCUT2D eigenvalue weighted by Crippen LogP contribution is -2.37. The van der Waals surface area contributed by atoms with Crippen LogP contribution in [0.2, 0.25) is 0 Å². The second kappa shape index (κ2) is 8.46. The fraction of sp³-hybridized carbons (Fsp3) is 0.429. The molecule has 0 fully saturated rings. The van der Waals surface area contributed by atoms with Gasteiger partial charge in [0.05, 0.1) is 17.9 Å². The molecule has 0 radical (unpaired) electrons. The van der Waals surface area contributed by atoms with Crippen LogP contribution in [0.3, 0.4) is 0 Å². The summed E-state index contributed by atoms with van der Waals surface area (Å²) in [6.45, 7) is 6.34. The van der Waals surface area contributed by atoms with Gasteiger partial charge in [-0.3, -0.25) is 4.99 Å². The van der Waals surface area contributed by atoms with E-state index in [2.05, 4.69) is 60.6 Å². The standard InChI is InChI=1S/C21H28N8/c1-15-12-16(2)29(27-15)18-9-5-4-8-17(18)13-23-21(22-3)24-14-20-26-25-19-10-6-7-11-28(19)20/h4-5,8-9,12H,6-7,10-11,13-14H2,1-3H3,(H2,22,23,24). The number of nitrogens with zero attached hydrogens (tertiary/aromatic N) is 6. The monoisotopic (exact) mass is 392 g/mol. The number of aliphatic imine (C=N–C) groups is 1. The number of benzene rings is 1. The lowest BCUT2D eigenvalue weighted by atomic mass is 10.1. The molecule has 1 aromatic carbocycles. The maximum absolute atomic E-state index is 4.62. The van der Waals surface area contributed by atoms with E-state index in [9.17, 15) is 0 Å². The summed E-state index contributed by atoms with van der Waals surface area (Å²) < 4.78 is 4.22. The molecule has 0 aliphatic carbocycles. The van der Waals surface area contributed by atoms with E-state index in [0.29, 0.717) is 13.1 Å². The number of aryl methyl sites for hydroxylation is 3. The number of rotatable bonds is 5. The van der Waals surface area contributed by atoms with Crippen LogP contribution in [0.4, 0.5) is 0 Å². The number of aromatic nitrogens is 5. The minimum Gasteiger partial charge on any atom is -0.352 e. The largest absolute Gasteiger partial charge is 0.352 e. The molecule has 0 saturated heterocycles. The Morgan fingerprint density at radius 2 is 1.93 bits per heavy atom. The predicted molar refractivity (Wildman–Crippen MR) is 113 cm³/mol. The molecule has 8 nitrogen and oxygen atoms in total. The van der Waals surface area contributed by atoms with Crippen LogP contribution in [0.5, 0.6) is 0 Å². The second-order valence-electron chi connectivity index (χ2n) is 7.39. The Morgan fingerprint density at radius 1 is 1.10 bits per heavy atom. The van der Waals surface area contributed by atoms with Crippen molar-refractivity contribution < 1.29 is 0 Å². The molecular formula is C21H28N8. The quantitative estimate of drug-likeness (QED) is 0.514. The van der Waals surface area contributed by atoms with Crippen molar-refractivity contribution in [3.63, 3.8) is 0 Å². The average Bonchev–Trinajstić information content (AvgIpc) is 3.30. The smallest absolute Gasteiger partial charge is 0.191 e. The molecule has 0 unspecified atom stereocenters. The second-order valence-corrected chi connectivity index (χ2v) is 7.39. The van der Waals surface area contributed by atoms with Crippen LogP contribution in [0, 0.1) is 13.8 Å². The molecule has 0 spiro atoms. The molecule has 2 aromatic heterocycles. The third-order valence-electron chi connectivity index (χ3n) is 5.25. The van der Waals surface area contributed by atoms with E-state index in [1.165, 1.54) is 12.8 Å². The van der Waals surface area contributed by atoms with Crippen LogP contribution in [-0.4, -0.2) is 37.6 Å². The number of guanidine groups is 1. The molecule has 0 atom stereocenters. The molecule has 0 amide bonds. The Morgan fingerprint density at radius 3 is 2.72 bits per heavy atom. The van der Waals surface area contributed by atoms with E-state index >= 15 is 0 Å². The molecular weight excluding hydrogens is 364 g/mol. The third kappa shape index (κ3) is 4.16. The van der Waals surface area contributed by atoms with Crippen molar-refractivity contribution in [3.05, 3.63) is 58.9 Å². The van der Waals surface area contributed by atoms with Crippen LogP contribution in [0.15, 0.2) is 35.3 Å². The van der Waals surface area contributed by atoms with Gasteiger partial charge in [-0.15, -0.1) is 10.2 Å². The molecule has 1 aliphatic rings. The van der Waals surface area contributed by atoms with Gasteiger partial charge in [-0.25, -0.2) is 4.68 Å². The van der Waals surface area contributed by atoms with E-state index in [0.717, 1.165) is 53.2 Å². The minimum atomic E-state index is 0.603. The first-order valence-corrected chi connectivity index (χ1v) is 10.1. The van der Waals surface area contributed by atoms with Crippen LogP contribution < -0.4 is 10.6 Å². The Balaban J connectivity index is 1.42. The lowest BCUT2D eigenvalue weighted by Gasteiger charge is -2.17. The highest BCUT2D eigenvalue weighted by Gasteiger charge is 2.16. The van der Waals surface area contributed by atoms with E-state index in [4.69, 9.17) is 0 Å². The molecule has 0 bridgehead atoms. The Bertz CT molecular complexity index is 1010. The molecule has 29 heavy (non-hydrogen) atoms. The van der Waals surface area contributed by atoms with Crippen molar-refractivity contribution in [2.75, 3.05) is 7.05 Å². The van der Waals surface area contributed by atoms with E-state index in [-0.39, 0.29) is 0 Å². The zero-order chi connectivity index (χ0) is 20.2. The summed E-state index contributed by atoms with van der Waals surface area (Å²) in [7, 11) is 1.78. The molecule has 152 valence electrons. The van der Waals surface area contributed by atoms with Crippen molar-refractivity contribution in [1.29, 1.82) is 0 Å². The number of fused-ring (bicyclic) bond motifs is 1. The number of para-hydroxylation sites is 1. The summed E-state index contributed by atoms with van der Waals surface area (Å²) >= 11 is 0.